The van der Waals surface area contributed by atoms with Gasteiger partial charge in [0, 0.05) is 15.5 Å². The summed E-state index contributed by atoms with van der Waals surface area (Å²) in [4.78, 5) is 0. The molecular formula is C15H21BrClN. The molecule has 1 aromatic carbocycles. The van der Waals surface area contributed by atoms with Crippen LogP contribution in [0.25, 0.3) is 0 Å². The molecule has 0 saturated carbocycles. The molecule has 0 amide bonds. The van der Waals surface area contributed by atoms with Crippen molar-refractivity contribution in [2.75, 3.05) is 6.54 Å². The van der Waals surface area contributed by atoms with E-state index in [0.717, 1.165) is 35.3 Å². The van der Waals surface area contributed by atoms with E-state index in [2.05, 4.69) is 41.7 Å². The molecule has 3 heteroatoms. The monoisotopic (exact) mass is 329 g/mol. The quantitative estimate of drug-likeness (QED) is 0.651. The van der Waals surface area contributed by atoms with Crippen LogP contribution in [0.2, 0.25) is 5.02 Å². The van der Waals surface area contributed by atoms with E-state index >= 15 is 0 Å². The Labute approximate surface area is 124 Å². The second-order valence-corrected chi connectivity index (χ2v) is 5.77. The van der Waals surface area contributed by atoms with Crippen LogP contribution in [0.3, 0.4) is 0 Å². The Bertz CT molecular complexity index is 403. The van der Waals surface area contributed by atoms with E-state index < -0.39 is 0 Å². The first-order valence-corrected chi connectivity index (χ1v) is 7.60. The lowest BCUT2D eigenvalue weighted by Gasteiger charge is -2.21. The van der Waals surface area contributed by atoms with Gasteiger partial charge in [0.1, 0.15) is 0 Å². The summed E-state index contributed by atoms with van der Waals surface area (Å²) in [5.74, 6) is 0. The number of nitrogens with one attached hydrogen (secondary N) is 1. The van der Waals surface area contributed by atoms with Crippen LogP contribution in [-0.2, 0) is 0 Å². The van der Waals surface area contributed by atoms with Gasteiger partial charge >= 0.3 is 0 Å². The summed E-state index contributed by atoms with van der Waals surface area (Å²) in [7, 11) is 0. The number of benzene rings is 1. The van der Waals surface area contributed by atoms with E-state index in [1.807, 2.05) is 18.2 Å². The van der Waals surface area contributed by atoms with Crippen molar-refractivity contribution in [1.29, 1.82) is 0 Å². The highest BCUT2D eigenvalue weighted by molar-refractivity contribution is 9.10. The van der Waals surface area contributed by atoms with Crippen molar-refractivity contribution in [2.24, 2.45) is 0 Å². The van der Waals surface area contributed by atoms with Crippen molar-refractivity contribution in [1.82, 2.24) is 5.32 Å². The maximum atomic E-state index is 6.09. The fourth-order valence-electron chi connectivity index (χ4n) is 1.83. The van der Waals surface area contributed by atoms with Crippen molar-refractivity contribution >= 4 is 27.5 Å². The third-order valence-electron chi connectivity index (χ3n) is 2.97. The topological polar surface area (TPSA) is 12.0 Å². The van der Waals surface area contributed by atoms with Gasteiger partial charge in [0.05, 0.1) is 0 Å². The van der Waals surface area contributed by atoms with Crippen LogP contribution in [0.1, 0.15) is 44.7 Å². The Hall–Kier alpha value is -0.310. The maximum absolute atomic E-state index is 6.09. The fourth-order valence-corrected chi connectivity index (χ4v) is 2.53. The van der Waals surface area contributed by atoms with Crippen LogP contribution in [0.15, 0.2) is 34.8 Å². The van der Waals surface area contributed by atoms with Gasteiger partial charge in [-0.05, 0) is 49.6 Å². The first-order chi connectivity index (χ1) is 8.58. The molecule has 0 aliphatic carbocycles. The predicted molar refractivity (Wildman–Crippen MR) is 84.2 cm³/mol. The molecule has 1 N–H and O–H groups in total. The molecule has 100 valence electrons. The number of rotatable bonds is 7. The van der Waals surface area contributed by atoms with Crippen LogP contribution >= 0.6 is 27.5 Å². The van der Waals surface area contributed by atoms with Gasteiger partial charge < -0.3 is 5.32 Å². The molecule has 0 radical (unpaired) electrons. The highest BCUT2D eigenvalue weighted by atomic mass is 79.9. The summed E-state index contributed by atoms with van der Waals surface area (Å²) >= 11 is 9.70. The summed E-state index contributed by atoms with van der Waals surface area (Å²) in [6, 6.07) is 6.22. The number of halogens is 2. The zero-order valence-electron chi connectivity index (χ0n) is 11.1. The fraction of sp³-hybridized carbons (Fsp3) is 0.467. The van der Waals surface area contributed by atoms with Crippen LogP contribution in [-0.4, -0.2) is 6.54 Å². The van der Waals surface area contributed by atoms with Gasteiger partial charge in [0.25, 0.3) is 0 Å². The molecule has 1 rings (SSSR count). The molecule has 1 atom stereocenters. The summed E-state index contributed by atoms with van der Waals surface area (Å²) in [6.07, 6.45) is 3.09. The second kappa shape index (κ2) is 7.98. The lowest BCUT2D eigenvalue weighted by atomic mass is 9.98. The normalized spacial score (nSPS) is 12.4. The molecule has 0 spiro atoms. The zero-order valence-corrected chi connectivity index (χ0v) is 13.4. The van der Waals surface area contributed by atoms with Crippen LogP contribution in [0, 0.1) is 0 Å². The van der Waals surface area contributed by atoms with Gasteiger partial charge in [0.2, 0.25) is 0 Å². The van der Waals surface area contributed by atoms with E-state index in [1.54, 1.807) is 0 Å². The van der Waals surface area contributed by atoms with Gasteiger partial charge in [-0.25, -0.2) is 0 Å². The standard InChI is InChI=1S/C15H21BrClN/c1-4-8-18-15(9-11(3)5-2)13-10-12(17)6-7-14(13)16/h6-7,10,15,18H,3-5,8-9H2,1-2H3. The van der Waals surface area contributed by atoms with Crippen LogP contribution in [0.4, 0.5) is 0 Å². The Morgan fingerprint density at radius 3 is 2.78 bits per heavy atom. The smallest absolute Gasteiger partial charge is 0.0410 e. The maximum Gasteiger partial charge on any atom is 0.0410 e. The highest BCUT2D eigenvalue weighted by Gasteiger charge is 2.15. The Morgan fingerprint density at radius 1 is 1.44 bits per heavy atom. The molecule has 1 nitrogen and oxygen atoms in total. The van der Waals surface area contributed by atoms with E-state index in [9.17, 15) is 0 Å². The SMILES string of the molecule is C=C(CC)CC(NCCC)c1cc(Cl)ccc1Br. The minimum absolute atomic E-state index is 0.283. The zero-order chi connectivity index (χ0) is 13.5. The van der Waals surface area contributed by atoms with Gasteiger partial charge in [-0.1, -0.05) is 53.5 Å². The lowest BCUT2D eigenvalue weighted by Crippen LogP contribution is -2.23. The average molecular weight is 331 g/mol. The van der Waals surface area contributed by atoms with Gasteiger partial charge in [0.15, 0.2) is 0 Å². The van der Waals surface area contributed by atoms with E-state index in [0.29, 0.717) is 0 Å². The third-order valence-corrected chi connectivity index (χ3v) is 3.92. The third kappa shape index (κ3) is 4.75. The minimum Gasteiger partial charge on any atom is -0.310 e. The summed E-state index contributed by atoms with van der Waals surface area (Å²) in [5, 5.41) is 4.35. The molecule has 0 saturated heterocycles. The first-order valence-electron chi connectivity index (χ1n) is 6.43. The van der Waals surface area contributed by atoms with E-state index in [1.165, 1.54) is 11.1 Å². The van der Waals surface area contributed by atoms with Crippen molar-refractivity contribution in [2.45, 2.75) is 39.2 Å². The Morgan fingerprint density at radius 2 is 2.17 bits per heavy atom. The Balaban J connectivity index is 2.92. The number of hydrogen-bond donors (Lipinski definition) is 1. The largest absolute Gasteiger partial charge is 0.310 e. The van der Waals surface area contributed by atoms with E-state index in [-0.39, 0.29) is 6.04 Å². The molecule has 0 aliphatic heterocycles. The highest BCUT2D eigenvalue weighted by Crippen LogP contribution is 2.30. The van der Waals surface area contributed by atoms with Gasteiger partial charge in [-0.3, -0.25) is 0 Å². The molecule has 0 bridgehead atoms. The second-order valence-electron chi connectivity index (χ2n) is 4.48. The number of hydrogen-bond acceptors (Lipinski definition) is 1. The molecule has 0 aromatic heterocycles. The molecule has 18 heavy (non-hydrogen) atoms. The average Bonchev–Trinajstić information content (AvgIpc) is 2.37. The van der Waals surface area contributed by atoms with Crippen molar-refractivity contribution in [3.05, 3.63) is 45.4 Å². The van der Waals surface area contributed by atoms with E-state index in [4.69, 9.17) is 11.6 Å². The molecule has 1 aromatic rings. The molecular weight excluding hydrogens is 310 g/mol. The van der Waals surface area contributed by atoms with Crippen LogP contribution < -0.4 is 5.32 Å². The molecule has 0 fully saturated rings. The molecule has 0 aliphatic rings. The lowest BCUT2D eigenvalue weighted by molar-refractivity contribution is 0.522. The van der Waals surface area contributed by atoms with Gasteiger partial charge in [-0.2, -0.15) is 0 Å². The minimum atomic E-state index is 0.283. The molecule has 1 unspecified atom stereocenters. The summed E-state index contributed by atoms with van der Waals surface area (Å²) in [5.41, 5.74) is 2.47. The molecule has 0 heterocycles. The summed E-state index contributed by atoms with van der Waals surface area (Å²) < 4.78 is 1.10. The van der Waals surface area contributed by atoms with Crippen LogP contribution in [0.5, 0.6) is 0 Å². The van der Waals surface area contributed by atoms with Crippen molar-refractivity contribution < 1.29 is 0 Å². The predicted octanol–water partition coefficient (Wildman–Crippen LogP) is 5.50. The van der Waals surface area contributed by atoms with Crippen molar-refractivity contribution in [3.63, 3.8) is 0 Å². The summed E-state index contributed by atoms with van der Waals surface area (Å²) in [6.45, 7) is 9.43. The Kier molecular flexibility index (Phi) is 6.98. The van der Waals surface area contributed by atoms with Crippen molar-refractivity contribution in [3.8, 4) is 0 Å². The van der Waals surface area contributed by atoms with Gasteiger partial charge in [-0.15, -0.1) is 0 Å². The first kappa shape index (κ1) is 15.7.